The molecule has 2 aromatic carbocycles. The van der Waals surface area contributed by atoms with Crippen molar-refractivity contribution >= 4 is 11.8 Å². The van der Waals surface area contributed by atoms with Crippen LogP contribution in [0.5, 0.6) is 0 Å². The van der Waals surface area contributed by atoms with Gasteiger partial charge in [0.1, 0.15) is 5.82 Å². The Labute approximate surface area is 92.1 Å². The lowest BCUT2D eigenvalue weighted by Gasteiger charge is -2.18. The van der Waals surface area contributed by atoms with Crippen LogP contribution >= 0.6 is 11.8 Å². The first kappa shape index (κ1) is 8.98. The second-order valence-corrected chi connectivity index (χ2v) is 4.72. The van der Waals surface area contributed by atoms with E-state index in [9.17, 15) is 4.39 Å². The molecule has 0 aromatic heterocycles. The van der Waals surface area contributed by atoms with E-state index in [0.717, 1.165) is 11.3 Å². The Morgan fingerprint density at radius 3 is 2.67 bits per heavy atom. The minimum Gasteiger partial charge on any atom is -0.207 e. The van der Waals surface area contributed by atoms with Gasteiger partial charge in [-0.15, -0.1) is 0 Å². The smallest absolute Gasteiger partial charge is 0.124 e. The Morgan fingerprint density at radius 1 is 0.933 bits per heavy atom. The number of fused-ring (bicyclic) bond motifs is 2. The number of rotatable bonds is 0. The van der Waals surface area contributed by atoms with Crippen LogP contribution in [-0.4, -0.2) is 0 Å². The summed E-state index contributed by atoms with van der Waals surface area (Å²) in [6, 6.07) is 13.3. The van der Waals surface area contributed by atoms with Crippen LogP contribution in [0.1, 0.15) is 11.1 Å². The number of hydrogen-bond acceptors (Lipinski definition) is 1. The Morgan fingerprint density at radius 2 is 1.73 bits per heavy atom. The fourth-order valence-electron chi connectivity index (χ4n) is 1.84. The lowest BCUT2D eigenvalue weighted by Crippen LogP contribution is -1.99. The lowest BCUT2D eigenvalue weighted by atomic mass is 10.0. The number of halogens is 1. The first-order chi connectivity index (χ1) is 7.33. The van der Waals surface area contributed by atoms with E-state index in [-0.39, 0.29) is 5.82 Å². The van der Waals surface area contributed by atoms with Crippen molar-refractivity contribution in [3.8, 4) is 0 Å². The van der Waals surface area contributed by atoms with Crippen LogP contribution in [-0.2, 0) is 6.42 Å². The lowest BCUT2D eigenvalue weighted by molar-refractivity contribution is 0.622. The Hall–Kier alpha value is -1.28. The van der Waals surface area contributed by atoms with Gasteiger partial charge in [-0.25, -0.2) is 4.39 Å². The van der Waals surface area contributed by atoms with E-state index in [4.69, 9.17) is 0 Å². The molecule has 0 radical (unpaired) electrons. The van der Waals surface area contributed by atoms with Crippen molar-refractivity contribution in [2.24, 2.45) is 0 Å². The highest BCUT2D eigenvalue weighted by atomic mass is 32.2. The molecule has 0 aliphatic carbocycles. The van der Waals surface area contributed by atoms with E-state index >= 15 is 0 Å². The van der Waals surface area contributed by atoms with E-state index in [2.05, 4.69) is 12.1 Å². The first-order valence-electron chi connectivity index (χ1n) is 4.87. The van der Waals surface area contributed by atoms with E-state index in [1.807, 2.05) is 18.2 Å². The van der Waals surface area contributed by atoms with Crippen LogP contribution < -0.4 is 0 Å². The van der Waals surface area contributed by atoms with E-state index in [1.165, 1.54) is 22.1 Å². The van der Waals surface area contributed by atoms with Gasteiger partial charge in [0.2, 0.25) is 0 Å². The summed E-state index contributed by atoms with van der Waals surface area (Å²) in [5.41, 5.74) is 2.56. The average Bonchev–Trinajstić information content (AvgIpc) is 2.26. The van der Waals surface area contributed by atoms with Crippen LogP contribution in [0, 0.1) is 5.82 Å². The predicted molar refractivity (Wildman–Crippen MR) is 59.8 cm³/mol. The molecule has 0 N–H and O–H groups in total. The minimum atomic E-state index is -0.152. The quantitative estimate of drug-likeness (QED) is 0.549. The molecule has 0 saturated carbocycles. The molecule has 0 nitrogen and oxygen atoms in total. The summed E-state index contributed by atoms with van der Waals surface area (Å²) in [7, 11) is 0. The second-order valence-electron chi connectivity index (χ2n) is 3.64. The zero-order valence-corrected chi connectivity index (χ0v) is 8.85. The van der Waals surface area contributed by atoms with E-state index in [0.29, 0.717) is 0 Å². The molecule has 74 valence electrons. The molecular weight excluding hydrogens is 207 g/mol. The molecule has 0 fully saturated rings. The van der Waals surface area contributed by atoms with Gasteiger partial charge in [0.15, 0.2) is 0 Å². The predicted octanol–water partition coefficient (Wildman–Crippen LogP) is 3.88. The molecule has 0 saturated heterocycles. The summed E-state index contributed by atoms with van der Waals surface area (Å²) >= 11 is 1.66. The van der Waals surface area contributed by atoms with Crippen molar-refractivity contribution in [3.63, 3.8) is 0 Å². The molecule has 2 heteroatoms. The van der Waals surface area contributed by atoms with E-state index in [1.54, 1.807) is 17.8 Å². The maximum absolute atomic E-state index is 13.1. The van der Waals surface area contributed by atoms with Gasteiger partial charge in [0.05, 0.1) is 0 Å². The maximum Gasteiger partial charge on any atom is 0.124 e. The standard InChI is InChI=1S/C13H9FS/c14-11-6-5-10-7-9-3-1-2-4-12(9)15-13(10)8-11/h1-6,8H,7H2. The van der Waals surface area contributed by atoms with Crippen molar-refractivity contribution in [2.75, 3.05) is 0 Å². The van der Waals surface area contributed by atoms with Gasteiger partial charge < -0.3 is 0 Å². The molecule has 3 rings (SSSR count). The summed E-state index contributed by atoms with van der Waals surface area (Å²) in [4.78, 5) is 2.30. The monoisotopic (exact) mass is 216 g/mol. The van der Waals surface area contributed by atoms with Crippen LogP contribution in [0.3, 0.4) is 0 Å². The second kappa shape index (κ2) is 3.38. The first-order valence-corrected chi connectivity index (χ1v) is 5.69. The molecule has 1 aliphatic heterocycles. The van der Waals surface area contributed by atoms with Gasteiger partial charge in [-0.2, -0.15) is 0 Å². The normalized spacial score (nSPS) is 13.1. The molecule has 0 bridgehead atoms. The van der Waals surface area contributed by atoms with Gasteiger partial charge in [0, 0.05) is 9.79 Å². The Kier molecular flexibility index (Phi) is 2.03. The topological polar surface area (TPSA) is 0 Å². The van der Waals surface area contributed by atoms with Gasteiger partial charge in [-0.3, -0.25) is 0 Å². The molecule has 0 atom stereocenters. The summed E-state index contributed by atoms with van der Waals surface area (Å²) in [6.07, 6.45) is 0.915. The van der Waals surface area contributed by atoms with Crippen LogP contribution in [0.25, 0.3) is 0 Å². The highest BCUT2D eigenvalue weighted by Crippen LogP contribution is 2.39. The van der Waals surface area contributed by atoms with Crippen molar-refractivity contribution < 1.29 is 4.39 Å². The summed E-state index contributed by atoms with van der Waals surface area (Å²) < 4.78 is 13.1. The zero-order valence-electron chi connectivity index (χ0n) is 8.03. The molecule has 0 unspecified atom stereocenters. The largest absolute Gasteiger partial charge is 0.207 e. The van der Waals surface area contributed by atoms with Crippen molar-refractivity contribution in [3.05, 3.63) is 59.4 Å². The van der Waals surface area contributed by atoms with E-state index < -0.39 is 0 Å². The van der Waals surface area contributed by atoms with Gasteiger partial charge in [0.25, 0.3) is 0 Å². The van der Waals surface area contributed by atoms with Gasteiger partial charge in [-0.1, -0.05) is 36.0 Å². The zero-order chi connectivity index (χ0) is 10.3. The summed E-state index contributed by atoms with van der Waals surface area (Å²) in [6.45, 7) is 0. The molecule has 2 aromatic rings. The number of benzene rings is 2. The molecule has 1 aliphatic rings. The molecule has 15 heavy (non-hydrogen) atoms. The van der Waals surface area contributed by atoms with Crippen LogP contribution in [0.4, 0.5) is 4.39 Å². The number of hydrogen-bond donors (Lipinski definition) is 0. The maximum atomic E-state index is 13.1. The average molecular weight is 216 g/mol. The Bertz CT molecular complexity index is 520. The van der Waals surface area contributed by atoms with Crippen molar-refractivity contribution in [1.29, 1.82) is 0 Å². The molecule has 1 heterocycles. The Balaban J connectivity index is 2.11. The van der Waals surface area contributed by atoms with Crippen molar-refractivity contribution in [1.82, 2.24) is 0 Å². The molecule has 0 spiro atoms. The van der Waals surface area contributed by atoms with Gasteiger partial charge in [-0.05, 0) is 35.7 Å². The summed E-state index contributed by atoms with van der Waals surface area (Å²) in [5, 5.41) is 0. The fourth-order valence-corrected chi connectivity index (χ4v) is 2.94. The summed E-state index contributed by atoms with van der Waals surface area (Å²) in [5.74, 6) is -0.152. The highest BCUT2D eigenvalue weighted by Gasteiger charge is 2.15. The third kappa shape index (κ3) is 1.55. The third-order valence-electron chi connectivity index (χ3n) is 2.60. The van der Waals surface area contributed by atoms with Gasteiger partial charge >= 0.3 is 0 Å². The molecule has 0 amide bonds. The highest BCUT2D eigenvalue weighted by molar-refractivity contribution is 7.99. The van der Waals surface area contributed by atoms with Crippen LogP contribution in [0.15, 0.2) is 52.3 Å². The fraction of sp³-hybridized carbons (Fsp3) is 0.0769. The molecular formula is C13H9FS. The third-order valence-corrected chi connectivity index (χ3v) is 3.82. The SMILES string of the molecule is Fc1ccc2c(c1)Sc1ccccc1C2. The van der Waals surface area contributed by atoms with Crippen molar-refractivity contribution in [2.45, 2.75) is 16.2 Å². The van der Waals surface area contributed by atoms with Crippen LogP contribution in [0.2, 0.25) is 0 Å². The minimum absolute atomic E-state index is 0.152.